The molecule has 1 unspecified atom stereocenters. The third-order valence-electron chi connectivity index (χ3n) is 6.14. The summed E-state index contributed by atoms with van der Waals surface area (Å²) in [6.45, 7) is 1.13. The molecule has 0 saturated carbocycles. The number of H-pyrrole nitrogens is 1. The largest absolute Gasteiger partial charge is 0.439 e. The Bertz CT molecular complexity index is 1590. The first-order chi connectivity index (χ1) is 17.9. The van der Waals surface area contributed by atoms with E-state index in [4.69, 9.17) is 4.74 Å². The van der Waals surface area contributed by atoms with E-state index in [0.717, 1.165) is 18.2 Å². The summed E-state index contributed by atoms with van der Waals surface area (Å²) in [6.07, 6.45) is 1.93. The molecule has 0 radical (unpaired) electrons. The summed E-state index contributed by atoms with van der Waals surface area (Å²) in [4.78, 5) is 39.7. The van der Waals surface area contributed by atoms with Gasteiger partial charge in [-0.05, 0) is 43.2 Å². The van der Waals surface area contributed by atoms with Gasteiger partial charge in [-0.2, -0.15) is 5.26 Å². The molecule has 1 aliphatic heterocycles. The topological polar surface area (TPSA) is 167 Å². The van der Waals surface area contributed by atoms with Crippen molar-refractivity contribution in [3.63, 3.8) is 0 Å². The zero-order valence-corrected chi connectivity index (χ0v) is 19.8. The van der Waals surface area contributed by atoms with Crippen molar-refractivity contribution in [1.82, 2.24) is 20.0 Å². The van der Waals surface area contributed by atoms with Crippen molar-refractivity contribution in [2.24, 2.45) is 7.05 Å². The van der Waals surface area contributed by atoms with Crippen LogP contribution in [-0.2, 0) is 11.8 Å². The molecule has 1 saturated heterocycles. The number of aryl methyl sites for hydroxylation is 1. The summed E-state index contributed by atoms with van der Waals surface area (Å²) >= 11 is 0. The lowest BCUT2D eigenvalue weighted by Crippen LogP contribution is -2.35. The molecule has 37 heavy (non-hydrogen) atoms. The van der Waals surface area contributed by atoms with Crippen molar-refractivity contribution >= 4 is 34.2 Å². The molecular formula is C25H23N7O5. The van der Waals surface area contributed by atoms with E-state index in [9.17, 15) is 19.6 Å². The van der Waals surface area contributed by atoms with Crippen LogP contribution in [0.2, 0.25) is 0 Å². The van der Waals surface area contributed by atoms with Crippen LogP contribution in [0.1, 0.15) is 28.9 Å². The molecule has 0 spiro atoms. The summed E-state index contributed by atoms with van der Waals surface area (Å²) in [6, 6.07) is 13.3. The maximum Gasteiger partial charge on any atom is 0.439 e. The van der Waals surface area contributed by atoms with Gasteiger partial charge in [0.2, 0.25) is 0 Å². The van der Waals surface area contributed by atoms with Crippen LogP contribution in [0.25, 0.3) is 22.3 Å². The van der Waals surface area contributed by atoms with Gasteiger partial charge in [-0.25, -0.2) is 9.59 Å². The van der Waals surface area contributed by atoms with Gasteiger partial charge in [0, 0.05) is 31.1 Å². The zero-order valence-electron chi connectivity index (χ0n) is 19.8. The quantitative estimate of drug-likeness (QED) is 0.315. The van der Waals surface area contributed by atoms with Crippen LogP contribution < -0.4 is 21.7 Å². The number of anilines is 2. The molecular weight excluding hydrogens is 478 g/mol. The van der Waals surface area contributed by atoms with Crippen LogP contribution in [0.4, 0.5) is 16.2 Å². The van der Waals surface area contributed by atoms with Gasteiger partial charge in [-0.1, -0.05) is 17.3 Å². The van der Waals surface area contributed by atoms with Crippen molar-refractivity contribution in [2.75, 3.05) is 23.8 Å². The molecule has 5 rings (SSSR count). The van der Waals surface area contributed by atoms with E-state index in [2.05, 4.69) is 30.6 Å². The highest BCUT2D eigenvalue weighted by molar-refractivity contribution is 6.10. The van der Waals surface area contributed by atoms with Crippen LogP contribution in [0.5, 0.6) is 0 Å². The Hall–Kier alpha value is -4.89. The maximum absolute atomic E-state index is 13.3. The highest BCUT2D eigenvalue weighted by Crippen LogP contribution is 2.29. The van der Waals surface area contributed by atoms with Gasteiger partial charge in [0.25, 0.3) is 5.91 Å². The second-order valence-corrected chi connectivity index (χ2v) is 8.57. The number of benzene rings is 2. The second-order valence-electron chi connectivity index (χ2n) is 8.57. The van der Waals surface area contributed by atoms with Gasteiger partial charge >= 0.3 is 11.8 Å². The van der Waals surface area contributed by atoms with E-state index in [1.165, 1.54) is 12.1 Å². The van der Waals surface area contributed by atoms with Crippen molar-refractivity contribution in [2.45, 2.75) is 18.9 Å². The Labute approximate surface area is 210 Å². The monoisotopic (exact) mass is 501 g/mol. The molecule has 3 amide bonds. The summed E-state index contributed by atoms with van der Waals surface area (Å²) in [7, 11) is 1.72. The van der Waals surface area contributed by atoms with Crippen LogP contribution in [0.15, 0.2) is 51.8 Å². The van der Waals surface area contributed by atoms with E-state index in [-0.39, 0.29) is 18.0 Å². The average Bonchev–Trinajstić information content (AvgIpc) is 3.64. The van der Waals surface area contributed by atoms with Gasteiger partial charge in [0.15, 0.2) is 5.82 Å². The lowest BCUT2D eigenvalue weighted by Gasteiger charge is -2.13. The Kier molecular flexibility index (Phi) is 6.44. The Morgan fingerprint density at radius 2 is 2.08 bits per heavy atom. The van der Waals surface area contributed by atoms with Crippen molar-refractivity contribution in [1.29, 1.82) is 5.26 Å². The minimum Gasteiger partial charge on any atom is -0.376 e. The van der Waals surface area contributed by atoms with Crippen molar-refractivity contribution in [3.05, 3.63) is 64.3 Å². The number of aromatic amines is 1. The SMILES string of the molecule is Cn1c(C(=O)Nc2ccc(C#N)cc2-c2noc(=O)[nH]2)cc2cccc(NC(=O)NCC3CCCO3)c21. The maximum atomic E-state index is 13.3. The molecule has 1 fully saturated rings. The first kappa shape index (κ1) is 23.8. The number of ether oxygens (including phenoxy) is 1. The molecule has 0 bridgehead atoms. The number of hydrogen-bond donors (Lipinski definition) is 4. The van der Waals surface area contributed by atoms with E-state index < -0.39 is 11.7 Å². The number of para-hydroxylation sites is 1. The number of hydrogen-bond acceptors (Lipinski definition) is 7. The predicted octanol–water partition coefficient (Wildman–Crippen LogP) is 2.95. The molecule has 0 aliphatic carbocycles. The van der Waals surface area contributed by atoms with Crippen molar-refractivity contribution < 1.29 is 18.8 Å². The molecule has 4 N–H and O–H groups in total. The fraction of sp³-hybridized carbons (Fsp3) is 0.240. The molecule has 188 valence electrons. The minimum atomic E-state index is -0.761. The second kappa shape index (κ2) is 10.00. The highest BCUT2D eigenvalue weighted by atomic mass is 16.5. The lowest BCUT2D eigenvalue weighted by atomic mass is 10.1. The van der Waals surface area contributed by atoms with E-state index in [1.54, 1.807) is 35.9 Å². The minimum absolute atomic E-state index is 0.0223. The van der Waals surface area contributed by atoms with Crippen LogP contribution in [0.3, 0.4) is 0 Å². The number of rotatable bonds is 6. The third-order valence-corrected chi connectivity index (χ3v) is 6.14. The normalized spacial score (nSPS) is 14.9. The molecule has 1 aliphatic rings. The van der Waals surface area contributed by atoms with Crippen molar-refractivity contribution in [3.8, 4) is 17.5 Å². The summed E-state index contributed by atoms with van der Waals surface area (Å²) in [5.41, 5.74) is 2.50. The number of carbonyl (C=O) groups excluding carboxylic acids is 2. The Balaban J connectivity index is 1.40. The number of fused-ring (bicyclic) bond motifs is 1. The van der Waals surface area contributed by atoms with E-state index in [1.807, 2.05) is 12.1 Å². The zero-order chi connectivity index (χ0) is 25.9. The van der Waals surface area contributed by atoms with Crippen LogP contribution in [0, 0.1) is 11.3 Å². The molecule has 2 aromatic heterocycles. The number of carbonyl (C=O) groups is 2. The molecule has 12 nitrogen and oxygen atoms in total. The summed E-state index contributed by atoms with van der Waals surface area (Å²) in [5, 5.41) is 22.2. The lowest BCUT2D eigenvalue weighted by molar-refractivity contribution is 0.101. The summed E-state index contributed by atoms with van der Waals surface area (Å²) < 4.78 is 11.8. The molecule has 4 aromatic rings. The molecule has 3 heterocycles. The first-order valence-electron chi connectivity index (χ1n) is 11.6. The predicted molar refractivity (Wildman–Crippen MR) is 134 cm³/mol. The first-order valence-corrected chi connectivity index (χ1v) is 11.6. The molecule has 1 atom stereocenters. The summed E-state index contributed by atoms with van der Waals surface area (Å²) in [5.74, 6) is -1.12. The fourth-order valence-corrected chi connectivity index (χ4v) is 4.36. The number of amides is 3. The average molecular weight is 502 g/mol. The highest BCUT2D eigenvalue weighted by Gasteiger charge is 2.20. The molecule has 12 heteroatoms. The van der Waals surface area contributed by atoms with Gasteiger partial charge in [0.05, 0.1) is 34.6 Å². The van der Waals surface area contributed by atoms with E-state index in [0.29, 0.717) is 46.9 Å². The molecule has 2 aromatic carbocycles. The number of nitrogens with one attached hydrogen (secondary N) is 4. The van der Waals surface area contributed by atoms with Gasteiger partial charge in [-0.15, -0.1) is 0 Å². The number of nitrogens with zero attached hydrogens (tertiary/aromatic N) is 3. The van der Waals surface area contributed by atoms with Gasteiger partial charge in [-0.3, -0.25) is 14.3 Å². The van der Waals surface area contributed by atoms with E-state index >= 15 is 0 Å². The van der Waals surface area contributed by atoms with Crippen LogP contribution >= 0.6 is 0 Å². The fourth-order valence-electron chi connectivity index (χ4n) is 4.36. The smallest absolute Gasteiger partial charge is 0.376 e. The Morgan fingerprint density at radius 3 is 2.81 bits per heavy atom. The van der Waals surface area contributed by atoms with Gasteiger partial charge < -0.3 is 25.3 Å². The van der Waals surface area contributed by atoms with Crippen LogP contribution in [-0.4, -0.2) is 45.9 Å². The Morgan fingerprint density at radius 1 is 1.22 bits per heavy atom. The third kappa shape index (κ3) is 4.93. The van der Waals surface area contributed by atoms with Gasteiger partial charge in [0.1, 0.15) is 5.69 Å². The number of aromatic nitrogens is 3. The standard InChI is InChI=1S/C25H23N7O5/c1-32-20(23(33)28-18-8-7-14(12-26)10-17(18)22-30-25(35)37-31-22)11-15-4-2-6-19(21(15)32)29-24(34)27-13-16-5-3-9-36-16/h2,4,6-8,10-11,16H,3,5,9,13H2,1H3,(H,28,33)(H2,27,29,34)(H,30,31,35). The number of urea groups is 1. The number of nitriles is 1.